The maximum absolute atomic E-state index is 13.0. The second kappa shape index (κ2) is 6.76. The quantitative estimate of drug-likeness (QED) is 0.805. The second-order valence-electron chi connectivity index (χ2n) is 8.17. The molecule has 27 heavy (non-hydrogen) atoms. The molecule has 2 aromatic rings. The summed E-state index contributed by atoms with van der Waals surface area (Å²) in [5.74, 6) is 0.717. The Morgan fingerprint density at radius 1 is 1.37 bits per heavy atom. The topological polar surface area (TPSA) is 56.1 Å². The molecule has 4 heterocycles. The van der Waals surface area contributed by atoms with Crippen molar-refractivity contribution in [2.75, 3.05) is 26.3 Å². The number of piperidine rings is 1. The molecule has 3 aliphatic rings. The Kier molecular flexibility index (Phi) is 4.37. The molecule has 1 saturated carbocycles. The number of halogens is 1. The van der Waals surface area contributed by atoms with E-state index in [9.17, 15) is 4.79 Å². The highest BCUT2D eigenvalue weighted by molar-refractivity contribution is 6.30. The first kappa shape index (κ1) is 17.5. The summed E-state index contributed by atoms with van der Waals surface area (Å²) in [6.07, 6.45) is 9.09. The lowest BCUT2D eigenvalue weighted by Gasteiger charge is -2.39. The van der Waals surface area contributed by atoms with E-state index in [0.29, 0.717) is 23.9 Å². The van der Waals surface area contributed by atoms with Gasteiger partial charge in [0.15, 0.2) is 0 Å². The smallest absolute Gasteiger partial charge is 0.274 e. The Morgan fingerprint density at radius 3 is 3.11 bits per heavy atom. The molecule has 0 aromatic carbocycles. The van der Waals surface area contributed by atoms with Crippen LogP contribution < -0.4 is 0 Å². The van der Waals surface area contributed by atoms with Gasteiger partial charge in [-0.1, -0.05) is 11.6 Å². The second-order valence-corrected chi connectivity index (χ2v) is 8.60. The van der Waals surface area contributed by atoms with Crippen LogP contribution in [-0.4, -0.2) is 58.2 Å². The number of likely N-dealkylation sites (tertiary alicyclic amines) is 1. The molecule has 144 valence electrons. The number of fused-ring (bicyclic) bond motifs is 1. The SMILES string of the molecule is O=C(c1cn2cc(Cl)ccc2n1)N1CCC[C@@]2(C[C@@H](OCC3CC3)CO2)C1. The first-order chi connectivity index (χ1) is 13.1. The number of rotatable bonds is 4. The number of hydrogen-bond acceptors (Lipinski definition) is 4. The van der Waals surface area contributed by atoms with Crippen LogP contribution in [0.2, 0.25) is 5.02 Å². The fourth-order valence-corrected chi connectivity index (χ4v) is 4.42. The van der Waals surface area contributed by atoms with Gasteiger partial charge in [0.25, 0.3) is 5.91 Å². The summed E-state index contributed by atoms with van der Waals surface area (Å²) in [7, 11) is 0. The maximum atomic E-state index is 13.0. The molecule has 0 radical (unpaired) electrons. The summed E-state index contributed by atoms with van der Waals surface area (Å²) in [6, 6.07) is 3.60. The Labute approximate surface area is 163 Å². The number of amides is 1. The third kappa shape index (κ3) is 3.58. The number of aromatic nitrogens is 2. The first-order valence-corrected chi connectivity index (χ1v) is 10.2. The van der Waals surface area contributed by atoms with Gasteiger partial charge in [-0.15, -0.1) is 0 Å². The van der Waals surface area contributed by atoms with Gasteiger partial charge in [-0.05, 0) is 43.7 Å². The van der Waals surface area contributed by atoms with Crippen molar-refractivity contribution in [3.8, 4) is 0 Å². The van der Waals surface area contributed by atoms with Gasteiger partial charge in [0.05, 0.1) is 29.9 Å². The number of pyridine rings is 1. The van der Waals surface area contributed by atoms with Crippen molar-refractivity contribution in [1.29, 1.82) is 0 Å². The van der Waals surface area contributed by atoms with Crippen LogP contribution in [0.3, 0.4) is 0 Å². The third-order valence-electron chi connectivity index (χ3n) is 5.90. The van der Waals surface area contributed by atoms with Gasteiger partial charge in [-0.3, -0.25) is 4.79 Å². The molecular formula is C20H24ClN3O3. The fourth-order valence-electron chi connectivity index (χ4n) is 4.25. The summed E-state index contributed by atoms with van der Waals surface area (Å²) in [6.45, 7) is 2.86. The van der Waals surface area contributed by atoms with Gasteiger partial charge in [-0.25, -0.2) is 4.98 Å². The molecule has 1 spiro atoms. The van der Waals surface area contributed by atoms with E-state index >= 15 is 0 Å². The maximum Gasteiger partial charge on any atom is 0.274 e. The molecule has 0 bridgehead atoms. The molecule has 2 saturated heterocycles. The summed E-state index contributed by atoms with van der Waals surface area (Å²) in [5.41, 5.74) is 0.916. The summed E-state index contributed by atoms with van der Waals surface area (Å²) in [4.78, 5) is 19.4. The molecule has 7 heteroatoms. The average molecular weight is 390 g/mol. The molecule has 3 fully saturated rings. The Morgan fingerprint density at radius 2 is 2.26 bits per heavy atom. The van der Waals surface area contributed by atoms with Crippen LogP contribution in [0.15, 0.2) is 24.5 Å². The monoisotopic (exact) mass is 389 g/mol. The highest BCUT2D eigenvalue weighted by Gasteiger charge is 2.45. The third-order valence-corrected chi connectivity index (χ3v) is 6.12. The van der Waals surface area contributed by atoms with E-state index in [0.717, 1.165) is 44.0 Å². The van der Waals surface area contributed by atoms with Crippen LogP contribution in [0.1, 0.15) is 42.6 Å². The zero-order chi connectivity index (χ0) is 18.4. The largest absolute Gasteiger partial charge is 0.375 e. The standard InChI is InChI=1S/C20H24ClN3O3/c21-15-4-5-18-22-17(10-24(18)9-15)19(25)23-7-1-6-20(13-23)8-16(12-27-20)26-11-14-2-3-14/h4-5,9-10,14,16H,1-3,6-8,11-13H2/t16-,20-/m1/s1. The lowest BCUT2D eigenvalue weighted by atomic mass is 9.89. The van der Waals surface area contributed by atoms with E-state index in [1.54, 1.807) is 22.9 Å². The van der Waals surface area contributed by atoms with Crippen molar-refractivity contribution in [3.05, 3.63) is 35.2 Å². The van der Waals surface area contributed by atoms with Gasteiger partial charge in [0.1, 0.15) is 11.3 Å². The molecule has 1 amide bonds. The van der Waals surface area contributed by atoms with Gasteiger partial charge in [0.2, 0.25) is 0 Å². The number of carbonyl (C=O) groups excluding carboxylic acids is 1. The van der Waals surface area contributed by atoms with E-state index in [1.165, 1.54) is 12.8 Å². The zero-order valence-corrected chi connectivity index (χ0v) is 16.0. The highest BCUT2D eigenvalue weighted by atomic mass is 35.5. The summed E-state index contributed by atoms with van der Waals surface area (Å²) < 4.78 is 14.0. The molecule has 0 N–H and O–H groups in total. The molecular weight excluding hydrogens is 366 g/mol. The van der Waals surface area contributed by atoms with Gasteiger partial charge >= 0.3 is 0 Å². The molecule has 2 aliphatic heterocycles. The Bertz CT molecular complexity index is 865. The predicted octanol–water partition coefficient (Wildman–Crippen LogP) is 3.18. The van der Waals surface area contributed by atoms with Crippen molar-refractivity contribution < 1.29 is 14.3 Å². The zero-order valence-electron chi connectivity index (χ0n) is 15.3. The number of imidazole rings is 1. The van der Waals surface area contributed by atoms with E-state index in [1.807, 2.05) is 11.0 Å². The molecule has 6 nitrogen and oxygen atoms in total. The predicted molar refractivity (Wildman–Crippen MR) is 101 cm³/mol. The van der Waals surface area contributed by atoms with Gasteiger partial charge in [0, 0.05) is 32.0 Å². The summed E-state index contributed by atoms with van der Waals surface area (Å²) in [5, 5.41) is 0.618. The highest BCUT2D eigenvalue weighted by Crippen LogP contribution is 2.37. The molecule has 1 aliphatic carbocycles. The fraction of sp³-hybridized carbons (Fsp3) is 0.600. The van der Waals surface area contributed by atoms with Crippen molar-refractivity contribution >= 4 is 23.2 Å². The number of nitrogens with zero attached hydrogens (tertiary/aromatic N) is 3. The Hall–Kier alpha value is -1.63. The van der Waals surface area contributed by atoms with Gasteiger partial charge < -0.3 is 18.8 Å². The van der Waals surface area contributed by atoms with Crippen LogP contribution in [0.25, 0.3) is 5.65 Å². The van der Waals surface area contributed by atoms with Gasteiger partial charge in [-0.2, -0.15) is 0 Å². The van der Waals surface area contributed by atoms with E-state index in [2.05, 4.69) is 4.98 Å². The number of hydrogen-bond donors (Lipinski definition) is 0. The Balaban J connectivity index is 1.27. The molecule has 2 atom stereocenters. The lowest BCUT2D eigenvalue weighted by molar-refractivity contribution is -0.0465. The van der Waals surface area contributed by atoms with Crippen LogP contribution in [0.4, 0.5) is 0 Å². The molecule has 2 aromatic heterocycles. The van der Waals surface area contributed by atoms with Crippen LogP contribution in [-0.2, 0) is 9.47 Å². The van der Waals surface area contributed by atoms with Crippen LogP contribution >= 0.6 is 11.6 Å². The average Bonchev–Trinajstić information content (AvgIpc) is 3.29. The number of ether oxygens (including phenoxy) is 2. The lowest BCUT2D eigenvalue weighted by Crippen LogP contribution is -2.50. The van der Waals surface area contributed by atoms with Crippen LogP contribution in [0, 0.1) is 5.92 Å². The normalized spacial score (nSPS) is 28.3. The minimum atomic E-state index is -0.259. The first-order valence-electron chi connectivity index (χ1n) is 9.79. The van der Waals surface area contributed by atoms with E-state index in [-0.39, 0.29) is 17.6 Å². The molecule has 5 rings (SSSR count). The van der Waals surface area contributed by atoms with Crippen LogP contribution in [0.5, 0.6) is 0 Å². The van der Waals surface area contributed by atoms with E-state index < -0.39 is 0 Å². The van der Waals surface area contributed by atoms with E-state index in [4.69, 9.17) is 21.1 Å². The number of carbonyl (C=O) groups is 1. The van der Waals surface area contributed by atoms with Crippen molar-refractivity contribution in [3.63, 3.8) is 0 Å². The van der Waals surface area contributed by atoms with Crippen molar-refractivity contribution in [1.82, 2.24) is 14.3 Å². The minimum absolute atomic E-state index is 0.0418. The van der Waals surface area contributed by atoms with Crippen molar-refractivity contribution in [2.45, 2.75) is 43.8 Å². The van der Waals surface area contributed by atoms with Crippen molar-refractivity contribution in [2.24, 2.45) is 5.92 Å². The summed E-state index contributed by atoms with van der Waals surface area (Å²) >= 11 is 6.03. The minimum Gasteiger partial charge on any atom is -0.375 e. The molecule has 0 unspecified atom stereocenters.